The molecule has 4 heteroatoms. The molecule has 2 atom stereocenters. The fourth-order valence-corrected chi connectivity index (χ4v) is 3.28. The van der Waals surface area contributed by atoms with Gasteiger partial charge in [0.1, 0.15) is 5.58 Å². The highest BCUT2D eigenvalue weighted by atomic mass is 16.5. The van der Waals surface area contributed by atoms with Gasteiger partial charge in [-0.05, 0) is 43.5 Å². The Balaban J connectivity index is 1.96. The molecule has 0 aliphatic carbocycles. The number of benzene rings is 1. The molecule has 0 spiro atoms. The minimum Gasteiger partial charge on any atom is -0.423 e. The van der Waals surface area contributed by atoms with E-state index in [9.17, 15) is 4.79 Å². The topological polar surface area (TPSA) is 42.7 Å². The minimum absolute atomic E-state index is 0.223. The Morgan fingerprint density at radius 3 is 2.59 bits per heavy atom. The van der Waals surface area contributed by atoms with Gasteiger partial charge in [0.2, 0.25) is 0 Å². The third-order valence-corrected chi connectivity index (χ3v) is 4.19. The van der Waals surface area contributed by atoms with E-state index in [1.165, 1.54) is 5.56 Å². The summed E-state index contributed by atoms with van der Waals surface area (Å²) in [6, 6.07) is 7.70. The molecular formula is C18H23NO3. The van der Waals surface area contributed by atoms with Crippen LogP contribution >= 0.6 is 0 Å². The maximum absolute atomic E-state index is 11.8. The average molecular weight is 301 g/mol. The van der Waals surface area contributed by atoms with Crippen LogP contribution in [0.15, 0.2) is 33.5 Å². The number of aryl methyl sites for hydroxylation is 1. The number of hydrogen-bond donors (Lipinski definition) is 0. The normalized spacial score (nSPS) is 23.0. The molecule has 1 aromatic carbocycles. The molecule has 118 valence electrons. The largest absolute Gasteiger partial charge is 0.423 e. The van der Waals surface area contributed by atoms with Crippen LogP contribution in [0.2, 0.25) is 0 Å². The van der Waals surface area contributed by atoms with E-state index in [1.807, 2.05) is 12.1 Å². The van der Waals surface area contributed by atoms with Crippen LogP contribution in [0, 0.1) is 0 Å². The van der Waals surface area contributed by atoms with Gasteiger partial charge in [-0.15, -0.1) is 0 Å². The zero-order chi connectivity index (χ0) is 15.7. The molecule has 0 bridgehead atoms. The number of morpholine rings is 1. The van der Waals surface area contributed by atoms with Gasteiger partial charge in [-0.3, -0.25) is 4.90 Å². The van der Waals surface area contributed by atoms with Crippen molar-refractivity contribution in [2.75, 3.05) is 13.1 Å². The second kappa shape index (κ2) is 6.23. The number of rotatable bonds is 3. The summed E-state index contributed by atoms with van der Waals surface area (Å²) in [7, 11) is 0. The lowest BCUT2D eigenvalue weighted by molar-refractivity contribution is -0.0704. The van der Waals surface area contributed by atoms with Crippen molar-refractivity contribution in [3.8, 4) is 0 Å². The van der Waals surface area contributed by atoms with Crippen LogP contribution in [0.5, 0.6) is 0 Å². The first-order chi connectivity index (χ1) is 10.5. The van der Waals surface area contributed by atoms with Crippen molar-refractivity contribution >= 4 is 11.0 Å². The van der Waals surface area contributed by atoms with E-state index in [0.717, 1.165) is 37.0 Å². The fourth-order valence-electron chi connectivity index (χ4n) is 3.28. The maximum atomic E-state index is 11.8. The monoisotopic (exact) mass is 301 g/mol. The lowest BCUT2D eigenvalue weighted by Gasteiger charge is -2.35. The summed E-state index contributed by atoms with van der Waals surface area (Å²) in [5, 5.41) is 1.05. The van der Waals surface area contributed by atoms with Gasteiger partial charge in [0.15, 0.2) is 0 Å². The standard InChI is InChI=1S/C18H23NO3/c1-4-14-5-6-17-16(7-14)15(8-18(20)22-17)11-19-9-12(2)21-13(3)10-19/h5-8,12-13H,4,9-11H2,1-3H3/t12-,13+. The van der Waals surface area contributed by atoms with E-state index in [1.54, 1.807) is 6.07 Å². The molecule has 0 N–H and O–H groups in total. The quantitative estimate of drug-likeness (QED) is 0.818. The van der Waals surface area contributed by atoms with Gasteiger partial charge in [-0.2, -0.15) is 0 Å². The summed E-state index contributed by atoms with van der Waals surface area (Å²) in [6.07, 6.45) is 1.42. The Morgan fingerprint density at radius 2 is 1.91 bits per heavy atom. The molecule has 3 rings (SSSR count). The van der Waals surface area contributed by atoms with E-state index in [2.05, 4.69) is 31.7 Å². The summed E-state index contributed by atoms with van der Waals surface area (Å²) < 4.78 is 11.1. The van der Waals surface area contributed by atoms with Crippen molar-refractivity contribution in [2.45, 2.75) is 45.9 Å². The zero-order valence-corrected chi connectivity index (χ0v) is 13.5. The lowest BCUT2D eigenvalue weighted by atomic mass is 10.0. The van der Waals surface area contributed by atoms with Crippen molar-refractivity contribution in [1.82, 2.24) is 4.90 Å². The van der Waals surface area contributed by atoms with Crippen molar-refractivity contribution in [2.24, 2.45) is 0 Å². The predicted octanol–water partition coefficient (Wildman–Crippen LogP) is 2.96. The van der Waals surface area contributed by atoms with Crippen LogP contribution in [0.3, 0.4) is 0 Å². The summed E-state index contributed by atoms with van der Waals surface area (Å²) in [4.78, 5) is 14.2. The molecule has 0 unspecified atom stereocenters. The third-order valence-electron chi connectivity index (χ3n) is 4.19. The van der Waals surface area contributed by atoms with Crippen molar-refractivity contribution in [3.63, 3.8) is 0 Å². The van der Waals surface area contributed by atoms with Crippen LogP contribution in [-0.2, 0) is 17.7 Å². The number of ether oxygens (including phenoxy) is 1. The molecular weight excluding hydrogens is 278 g/mol. The highest BCUT2D eigenvalue weighted by Crippen LogP contribution is 2.22. The van der Waals surface area contributed by atoms with Gasteiger partial charge in [0.05, 0.1) is 12.2 Å². The van der Waals surface area contributed by atoms with Crippen LogP contribution in [-0.4, -0.2) is 30.2 Å². The smallest absolute Gasteiger partial charge is 0.336 e. The van der Waals surface area contributed by atoms with Crippen molar-refractivity contribution in [3.05, 3.63) is 45.8 Å². The fraction of sp³-hybridized carbons (Fsp3) is 0.500. The Morgan fingerprint density at radius 1 is 1.18 bits per heavy atom. The van der Waals surface area contributed by atoms with Gasteiger partial charge in [0.25, 0.3) is 0 Å². The van der Waals surface area contributed by atoms with Gasteiger partial charge in [-0.1, -0.05) is 13.0 Å². The zero-order valence-electron chi connectivity index (χ0n) is 13.5. The molecule has 1 aliphatic heterocycles. The Kier molecular flexibility index (Phi) is 4.32. The Labute approximate surface area is 130 Å². The second-order valence-electron chi connectivity index (χ2n) is 6.23. The van der Waals surface area contributed by atoms with Crippen LogP contribution in [0.25, 0.3) is 11.0 Å². The summed E-state index contributed by atoms with van der Waals surface area (Å²) >= 11 is 0. The van der Waals surface area contributed by atoms with Crippen LogP contribution < -0.4 is 5.63 Å². The van der Waals surface area contributed by atoms with Gasteiger partial charge in [-0.25, -0.2) is 4.79 Å². The van der Waals surface area contributed by atoms with E-state index in [4.69, 9.17) is 9.15 Å². The minimum atomic E-state index is -0.277. The highest BCUT2D eigenvalue weighted by molar-refractivity contribution is 5.80. The van der Waals surface area contributed by atoms with E-state index >= 15 is 0 Å². The van der Waals surface area contributed by atoms with Gasteiger partial charge < -0.3 is 9.15 Å². The lowest BCUT2D eigenvalue weighted by Crippen LogP contribution is -2.44. The second-order valence-corrected chi connectivity index (χ2v) is 6.23. The molecule has 4 nitrogen and oxygen atoms in total. The van der Waals surface area contributed by atoms with Gasteiger partial charge in [0, 0.05) is 31.1 Å². The summed E-state index contributed by atoms with van der Waals surface area (Å²) in [6.45, 7) is 8.85. The van der Waals surface area contributed by atoms with Crippen LogP contribution in [0.1, 0.15) is 31.9 Å². The third kappa shape index (κ3) is 3.23. The molecule has 1 aliphatic rings. The first kappa shape index (κ1) is 15.3. The molecule has 2 aromatic rings. The molecule has 1 aromatic heterocycles. The van der Waals surface area contributed by atoms with Crippen LogP contribution in [0.4, 0.5) is 0 Å². The first-order valence-corrected chi connectivity index (χ1v) is 7.98. The van der Waals surface area contributed by atoms with E-state index < -0.39 is 0 Å². The molecule has 0 saturated carbocycles. The predicted molar refractivity (Wildman–Crippen MR) is 87.1 cm³/mol. The molecule has 1 fully saturated rings. The molecule has 2 heterocycles. The summed E-state index contributed by atoms with van der Waals surface area (Å²) in [5.41, 5.74) is 2.70. The Hall–Kier alpha value is -1.65. The molecule has 0 radical (unpaired) electrons. The summed E-state index contributed by atoms with van der Waals surface area (Å²) in [5.74, 6) is 0. The van der Waals surface area contributed by atoms with Crippen molar-refractivity contribution < 1.29 is 9.15 Å². The van der Waals surface area contributed by atoms with E-state index in [-0.39, 0.29) is 17.8 Å². The van der Waals surface area contributed by atoms with Gasteiger partial charge >= 0.3 is 5.63 Å². The molecule has 1 saturated heterocycles. The van der Waals surface area contributed by atoms with Crippen molar-refractivity contribution in [1.29, 1.82) is 0 Å². The first-order valence-electron chi connectivity index (χ1n) is 7.98. The SMILES string of the molecule is CCc1ccc2oc(=O)cc(CN3C[C@@H](C)O[C@@H](C)C3)c2c1. The van der Waals surface area contributed by atoms with E-state index in [0.29, 0.717) is 5.58 Å². The highest BCUT2D eigenvalue weighted by Gasteiger charge is 2.23. The number of fused-ring (bicyclic) bond motifs is 1. The maximum Gasteiger partial charge on any atom is 0.336 e. The number of nitrogens with zero attached hydrogens (tertiary/aromatic N) is 1. The number of hydrogen-bond acceptors (Lipinski definition) is 4. The average Bonchev–Trinajstić information content (AvgIpc) is 2.45. The molecule has 0 amide bonds. The Bertz CT molecular complexity index is 712. The molecule has 22 heavy (non-hydrogen) atoms.